The van der Waals surface area contributed by atoms with Crippen molar-refractivity contribution in [3.63, 3.8) is 0 Å². The number of para-hydroxylation sites is 2. The number of rotatable bonds is 4. The topological polar surface area (TPSA) is 112 Å². The number of carbonyl (C=O) groups is 2. The lowest BCUT2D eigenvalue weighted by Gasteiger charge is -2.24. The lowest BCUT2D eigenvalue weighted by molar-refractivity contribution is -0.117. The molecule has 6 rings (SSSR count). The van der Waals surface area contributed by atoms with Crippen molar-refractivity contribution in [2.24, 2.45) is 0 Å². The Morgan fingerprint density at radius 1 is 1.09 bits per heavy atom. The van der Waals surface area contributed by atoms with E-state index in [2.05, 4.69) is 30.9 Å². The van der Waals surface area contributed by atoms with Gasteiger partial charge >= 0.3 is 0 Å². The van der Waals surface area contributed by atoms with Crippen LogP contribution in [-0.4, -0.2) is 31.7 Å². The van der Waals surface area contributed by atoms with E-state index in [1.54, 1.807) is 42.7 Å². The van der Waals surface area contributed by atoms with E-state index in [9.17, 15) is 14.7 Å². The van der Waals surface area contributed by atoms with Gasteiger partial charge in [0.25, 0.3) is 5.91 Å². The van der Waals surface area contributed by atoms with E-state index in [0.717, 1.165) is 15.4 Å². The standard InChI is InChI=1S/C25H15BrN4O4/c26-15-5-6-18-14(11-15)12-19(34-18)22(31)20-21(13-7-9-27-10-8-13)30(24(33)23(20)32)25-28-16-3-1-2-4-17(16)29-25/h1-12,21,32H,(H,28,29). The van der Waals surface area contributed by atoms with E-state index in [1.165, 1.54) is 4.90 Å². The maximum Gasteiger partial charge on any atom is 0.296 e. The van der Waals surface area contributed by atoms with E-state index in [1.807, 2.05) is 30.3 Å². The van der Waals surface area contributed by atoms with E-state index >= 15 is 0 Å². The molecule has 0 fully saturated rings. The Morgan fingerprint density at radius 3 is 2.68 bits per heavy atom. The molecule has 2 aromatic carbocycles. The molecule has 1 aliphatic rings. The van der Waals surface area contributed by atoms with Crippen LogP contribution < -0.4 is 4.90 Å². The van der Waals surface area contributed by atoms with Gasteiger partial charge in [-0.1, -0.05) is 28.1 Å². The second kappa shape index (κ2) is 7.67. The van der Waals surface area contributed by atoms with Crippen LogP contribution >= 0.6 is 15.9 Å². The van der Waals surface area contributed by atoms with Crippen molar-refractivity contribution in [2.75, 3.05) is 4.90 Å². The highest BCUT2D eigenvalue weighted by atomic mass is 79.9. The number of Topliss-reactive ketones (excluding diaryl/α,β-unsaturated/α-hetero) is 1. The van der Waals surface area contributed by atoms with Gasteiger partial charge in [0, 0.05) is 22.3 Å². The SMILES string of the molecule is O=C(C1=C(O)C(=O)N(c2nc3ccccc3[nH]2)C1c1ccncc1)c1cc2cc(Br)ccc2o1. The summed E-state index contributed by atoms with van der Waals surface area (Å²) in [6.07, 6.45) is 3.12. The van der Waals surface area contributed by atoms with Gasteiger partial charge in [0.15, 0.2) is 11.5 Å². The van der Waals surface area contributed by atoms with Gasteiger partial charge in [0.2, 0.25) is 11.7 Å². The van der Waals surface area contributed by atoms with E-state index < -0.39 is 23.5 Å². The average Bonchev–Trinajstić information content (AvgIpc) is 3.53. The number of halogens is 1. The summed E-state index contributed by atoms with van der Waals surface area (Å²) < 4.78 is 6.61. The molecule has 1 amide bonds. The van der Waals surface area contributed by atoms with Crippen LogP contribution in [0.25, 0.3) is 22.0 Å². The number of anilines is 1. The zero-order valence-corrected chi connectivity index (χ0v) is 19.0. The van der Waals surface area contributed by atoms with Gasteiger partial charge in [-0.2, -0.15) is 0 Å². The van der Waals surface area contributed by atoms with Crippen molar-refractivity contribution in [1.82, 2.24) is 15.0 Å². The van der Waals surface area contributed by atoms with Gasteiger partial charge in [-0.3, -0.25) is 19.5 Å². The largest absolute Gasteiger partial charge is 0.503 e. The molecule has 0 aliphatic carbocycles. The van der Waals surface area contributed by atoms with Crippen molar-refractivity contribution < 1.29 is 19.1 Å². The maximum atomic E-state index is 13.6. The number of aromatic nitrogens is 3. The summed E-state index contributed by atoms with van der Waals surface area (Å²) in [4.78, 5) is 39.9. The van der Waals surface area contributed by atoms with Gasteiger partial charge in [-0.15, -0.1) is 0 Å². The number of imidazole rings is 1. The first kappa shape index (κ1) is 20.4. The lowest BCUT2D eigenvalue weighted by atomic mass is 9.96. The second-order valence-electron chi connectivity index (χ2n) is 7.82. The molecule has 34 heavy (non-hydrogen) atoms. The van der Waals surface area contributed by atoms with Crippen LogP contribution in [0.3, 0.4) is 0 Å². The normalized spacial score (nSPS) is 16.2. The highest BCUT2D eigenvalue weighted by Gasteiger charge is 2.46. The quantitative estimate of drug-likeness (QED) is 0.316. The Morgan fingerprint density at radius 2 is 1.88 bits per heavy atom. The fraction of sp³-hybridized carbons (Fsp3) is 0.0400. The fourth-order valence-corrected chi connectivity index (χ4v) is 4.61. The number of ketones is 1. The molecule has 2 N–H and O–H groups in total. The van der Waals surface area contributed by atoms with Crippen molar-refractivity contribution in [1.29, 1.82) is 0 Å². The van der Waals surface area contributed by atoms with E-state index in [-0.39, 0.29) is 17.3 Å². The monoisotopic (exact) mass is 514 g/mol. The van der Waals surface area contributed by atoms with E-state index in [0.29, 0.717) is 16.7 Å². The number of aromatic amines is 1. The van der Waals surface area contributed by atoms with Crippen LogP contribution in [0.15, 0.2) is 93.3 Å². The van der Waals surface area contributed by atoms with Crippen molar-refractivity contribution in [2.45, 2.75) is 6.04 Å². The van der Waals surface area contributed by atoms with Gasteiger partial charge in [-0.25, -0.2) is 4.98 Å². The maximum absolute atomic E-state index is 13.6. The Kier molecular flexibility index (Phi) is 4.59. The first-order valence-corrected chi connectivity index (χ1v) is 11.2. The minimum atomic E-state index is -0.927. The number of carbonyl (C=O) groups excluding carboxylic acids is 2. The summed E-state index contributed by atoms with van der Waals surface area (Å²) in [6, 6.07) is 16.7. The third kappa shape index (κ3) is 3.12. The Balaban J connectivity index is 1.50. The summed E-state index contributed by atoms with van der Waals surface area (Å²) >= 11 is 3.41. The molecule has 1 atom stereocenters. The van der Waals surface area contributed by atoms with Crippen molar-refractivity contribution in [3.05, 3.63) is 100 Å². The molecule has 166 valence electrons. The molecule has 0 bridgehead atoms. The number of hydrogen-bond acceptors (Lipinski definition) is 6. The molecule has 0 spiro atoms. The Labute approximate surface area is 200 Å². The summed E-state index contributed by atoms with van der Waals surface area (Å²) in [7, 11) is 0. The summed E-state index contributed by atoms with van der Waals surface area (Å²) in [5, 5.41) is 11.6. The number of furan rings is 1. The molecule has 9 heteroatoms. The Bertz CT molecular complexity index is 1600. The molecular weight excluding hydrogens is 500 g/mol. The molecule has 1 aliphatic heterocycles. The number of pyridine rings is 1. The first-order valence-electron chi connectivity index (χ1n) is 10.4. The molecular formula is C25H15BrN4O4. The number of aliphatic hydroxyl groups is 1. The molecule has 1 unspecified atom stereocenters. The lowest BCUT2D eigenvalue weighted by Crippen LogP contribution is -2.32. The van der Waals surface area contributed by atoms with Gasteiger partial charge in [-0.05, 0) is 54.1 Å². The zero-order chi connectivity index (χ0) is 23.4. The minimum Gasteiger partial charge on any atom is -0.503 e. The number of nitrogens with one attached hydrogen (secondary N) is 1. The average molecular weight is 515 g/mol. The minimum absolute atomic E-state index is 0.0213. The number of nitrogens with zero attached hydrogens (tertiary/aromatic N) is 3. The summed E-state index contributed by atoms with van der Waals surface area (Å²) in [5.74, 6) is -1.72. The van der Waals surface area contributed by atoms with Gasteiger partial charge < -0.3 is 14.5 Å². The van der Waals surface area contributed by atoms with Crippen LogP contribution in [0.1, 0.15) is 22.2 Å². The van der Waals surface area contributed by atoms with Crippen LogP contribution in [0.5, 0.6) is 0 Å². The summed E-state index contributed by atoms with van der Waals surface area (Å²) in [6.45, 7) is 0. The molecule has 0 radical (unpaired) electrons. The van der Waals surface area contributed by atoms with Gasteiger partial charge in [0.1, 0.15) is 5.58 Å². The van der Waals surface area contributed by atoms with E-state index in [4.69, 9.17) is 4.42 Å². The van der Waals surface area contributed by atoms with Crippen LogP contribution in [0, 0.1) is 0 Å². The van der Waals surface area contributed by atoms with Crippen LogP contribution in [-0.2, 0) is 4.79 Å². The predicted molar refractivity (Wildman–Crippen MR) is 128 cm³/mol. The first-order chi connectivity index (χ1) is 16.5. The van der Waals surface area contributed by atoms with Crippen molar-refractivity contribution >= 4 is 55.6 Å². The van der Waals surface area contributed by atoms with Gasteiger partial charge in [0.05, 0.1) is 22.6 Å². The molecule has 0 saturated carbocycles. The smallest absolute Gasteiger partial charge is 0.296 e. The highest BCUT2D eigenvalue weighted by molar-refractivity contribution is 9.10. The number of aliphatic hydroxyl groups excluding tert-OH is 1. The highest BCUT2D eigenvalue weighted by Crippen LogP contribution is 2.41. The number of H-pyrrole nitrogens is 1. The molecule has 8 nitrogen and oxygen atoms in total. The molecule has 3 aromatic heterocycles. The van der Waals surface area contributed by atoms with Crippen molar-refractivity contribution in [3.8, 4) is 0 Å². The molecule has 5 aromatic rings. The Hall–Kier alpha value is -4.24. The predicted octanol–water partition coefficient (Wildman–Crippen LogP) is 5.25. The third-order valence-corrected chi connectivity index (χ3v) is 6.28. The second-order valence-corrected chi connectivity index (χ2v) is 8.74. The number of hydrogen-bond donors (Lipinski definition) is 2. The van der Waals surface area contributed by atoms with Crippen LogP contribution in [0.2, 0.25) is 0 Å². The third-order valence-electron chi connectivity index (χ3n) is 5.78. The number of benzene rings is 2. The van der Waals surface area contributed by atoms with Crippen LogP contribution in [0.4, 0.5) is 5.95 Å². The summed E-state index contributed by atoms with van der Waals surface area (Å²) in [5.41, 5.74) is 2.40. The zero-order valence-electron chi connectivity index (χ0n) is 17.4. The number of amides is 1. The molecule has 4 heterocycles. The number of fused-ring (bicyclic) bond motifs is 2. The molecule has 0 saturated heterocycles. The fourth-order valence-electron chi connectivity index (χ4n) is 4.23.